The van der Waals surface area contributed by atoms with Crippen LogP contribution in [0.2, 0.25) is 0 Å². The zero-order valence-electron chi connectivity index (χ0n) is 30.7. The van der Waals surface area contributed by atoms with E-state index in [4.69, 9.17) is 18.9 Å². The van der Waals surface area contributed by atoms with E-state index in [-0.39, 0.29) is 30.0 Å². The van der Waals surface area contributed by atoms with E-state index in [0.717, 1.165) is 5.56 Å². The van der Waals surface area contributed by atoms with E-state index < -0.39 is 76.1 Å². The van der Waals surface area contributed by atoms with Gasteiger partial charge in [-0.1, -0.05) is 50.3 Å². The van der Waals surface area contributed by atoms with Crippen LogP contribution in [0.5, 0.6) is 0 Å². The van der Waals surface area contributed by atoms with Gasteiger partial charge < -0.3 is 39.8 Å². The van der Waals surface area contributed by atoms with Crippen molar-refractivity contribution < 1.29 is 48.3 Å². The number of benzene rings is 1. The zero-order chi connectivity index (χ0) is 37.1. The van der Waals surface area contributed by atoms with Gasteiger partial charge in [-0.2, -0.15) is 0 Å². The van der Waals surface area contributed by atoms with Gasteiger partial charge in [0.15, 0.2) is 18.0 Å². The maximum Gasteiger partial charge on any atom is 0.342 e. The first-order valence-corrected chi connectivity index (χ1v) is 17.2. The highest BCUT2D eigenvalue weighted by Gasteiger charge is 2.70. The number of ether oxygens (including phenoxy) is 4. The summed E-state index contributed by atoms with van der Waals surface area (Å²) in [6.45, 7) is 15.8. The Hall–Kier alpha value is -3.58. The summed E-state index contributed by atoms with van der Waals surface area (Å²) in [5, 5.41) is 30.1. The van der Waals surface area contributed by atoms with E-state index in [1.807, 2.05) is 6.08 Å². The Morgan fingerprint density at radius 3 is 2.32 bits per heavy atom. The summed E-state index contributed by atoms with van der Waals surface area (Å²) in [4.78, 5) is 54.4. The molecule has 12 nitrogen and oxygen atoms in total. The predicted octanol–water partition coefficient (Wildman–Crippen LogP) is 3.83. The quantitative estimate of drug-likeness (QED) is 0.243. The lowest BCUT2D eigenvalue weighted by Gasteiger charge is -2.63. The van der Waals surface area contributed by atoms with Gasteiger partial charge in [-0.25, -0.2) is 9.59 Å². The van der Waals surface area contributed by atoms with Crippen LogP contribution in [0.1, 0.15) is 79.0 Å². The smallest absolute Gasteiger partial charge is 0.342 e. The average Bonchev–Trinajstić information content (AvgIpc) is 2.99. The first-order chi connectivity index (χ1) is 23.2. The van der Waals surface area contributed by atoms with E-state index in [0.29, 0.717) is 17.7 Å². The molecule has 2 fully saturated rings. The van der Waals surface area contributed by atoms with Crippen LogP contribution < -0.4 is 10.6 Å². The summed E-state index contributed by atoms with van der Waals surface area (Å²) in [7, 11) is 1.48. The Kier molecular flexibility index (Phi) is 9.94. The van der Waals surface area contributed by atoms with Crippen molar-refractivity contribution in [2.24, 2.45) is 28.6 Å². The second-order valence-electron chi connectivity index (χ2n) is 16.1. The maximum atomic E-state index is 14.8. The number of allylic oxidation sites excluding steroid dienone is 1. The third kappa shape index (κ3) is 6.29. The van der Waals surface area contributed by atoms with Crippen molar-refractivity contribution >= 4 is 23.8 Å². The predicted molar refractivity (Wildman–Crippen MR) is 182 cm³/mol. The number of rotatable bonds is 7. The molecule has 1 aromatic carbocycles. The molecule has 1 heterocycles. The van der Waals surface area contributed by atoms with Crippen LogP contribution in [-0.2, 0) is 33.3 Å². The fraction of sp³-hybridized carbons (Fsp3) is 0.632. The summed E-state index contributed by atoms with van der Waals surface area (Å²) in [6, 6.07) is 5.24. The molecule has 4 N–H and O–H groups in total. The highest BCUT2D eigenvalue weighted by atomic mass is 16.6. The summed E-state index contributed by atoms with van der Waals surface area (Å²) in [6.07, 6.45) is -1.01. The fourth-order valence-electron chi connectivity index (χ4n) is 8.74. The van der Waals surface area contributed by atoms with Gasteiger partial charge in [0.1, 0.15) is 11.4 Å². The van der Waals surface area contributed by atoms with E-state index >= 15 is 0 Å². The summed E-state index contributed by atoms with van der Waals surface area (Å²) in [5.41, 5.74) is -3.06. The molecule has 12 heteroatoms. The molecule has 10 atom stereocenters. The minimum atomic E-state index is -1.87. The van der Waals surface area contributed by atoms with Gasteiger partial charge in [0.2, 0.25) is 0 Å². The standard InChI is InChI=1S/C38H52N2O10/c1-19-13-11-12-14-22(19)28(39-34(45)40-35(4,5)6)29(42)33(44)50-25-17-38(46)32(47-10)27-23-18-48-24(23)15-16-37(27,9)31(43)30(49-21(3)41)26(20(25)2)36(38,7)8/h11-16,23-24,26-30,32,42,46H,17-18H2,1-10H3,(H2,39,40,45)/t23?,24-,26?,27?,28+,29-,30-,32?,37-,38-/m1/s1. The van der Waals surface area contributed by atoms with Gasteiger partial charge in [-0.15, -0.1) is 0 Å². The number of hydrogen-bond acceptors (Lipinski definition) is 10. The van der Waals surface area contributed by atoms with Crippen LogP contribution in [0.15, 0.2) is 47.7 Å². The normalized spacial score (nSPS) is 34.1. The molecule has 1 saturated carbocycles. The van der Waals surface area contributed by atoms with Gasteiger partial charge in [-0.3, -0.25) is 9.59 Å². The SMILES string of the molecule is COC1C2C3CO[C@@H]3C=C[C@@]2(C)C(=O)[C@H](OC(C)=O)C2C(C)=C(OC(=O)[C@H](O)[C@@H](NC(=O)NC(C)(C)C)c3ccccc3C)C[C@]1(O)C2(C)C. The topological polar surface area (TPSA) is 170 Å². The molecule has 0 radical (unpaired) electrons. The maximum absolute atomic E-state index is 14.8. The molecule has 274 valence electrons. The molecule has 50 heavy (non-hydrogen) atoms. The number of hydrogen-bond donors (Lipinski definition) is 4. The average molecular weight is 697 g/mol. The number of aliphatic hydroxyl groups excluding tert-OH is 1. The van der Waals surface area contributed by atoms with Gasteiger partial charge >= 0.3 is 18.0 Å². The van der Waals surface area contributed by atoms with E-state index in [1.54, 1.807) is 85.7 Å². The number of esters is 2. The molecule has 1 aliphatic heterocycles. The van der Waals surface area contributed by atoms with Gasteiger partial charge in [0, 0.05) is 49.2 Å². The van der Waals surface area contributed by atoms with Crippen LogP contribution in [0.4, 0.5) is 4.79 Å². The van der Waals surface area contributed by atoms with Crippen molar-refractivity contribution in [1.29, 1.82) is 0 Å². The minimum Gasteiger partial charge on any atom is -0.454 e. The van der Waals surface area contributed by atoms with Gasteiger partial charge in [-0.05, 0) is 58.2 Å². The van der Waals surface area contributed by atoms with E-state index in [1.165, 1.54) is 14.0 Å². The summed E-state index contributed by atoms with van der Waals surface area (Å²) >= 11 is 0. The van der Waals surface area contributed by atoms with E-state index in [2.05, 4.69) is 10.6 Å². The molecule has 4 unspecified atom stereocenters. The largest absolute Gasteiger partial charge is 0.454 e. The van der Waals surface area contributed by atoms with Crippen LogP contribution in [0.3, 0.4) is 0 Å². The Balaban J connectivity index is 1.59. The molecule has 1 aromatic rings. The van der Waals surface area contributed by atoms with Crippen LogP contribution in [-0.4, -0.2) is 83.2 Å². The second-order valence-corrected chi connectivity index (χ2v) is 16.1. The zero-order valence-corrected chi connectivity index (χ0v) is 30.7. The van der Waals surface area contributed by atoms with Crippen molar-refractivity contribution in [3.8, 4) is 0 Å². The Bertz CT molecular complexity index is 1610. The first-order valence-electron chi connectivity index (χ1n) is 17.2. The molecule has 4 aliphatic rings. The Labute approximate surface area is 293 Å². The van der Waals surface area contributed by atoms with Crippen molar-refractivity contribution in [2.75, 3.05) is 13.7 Å². The van der Waals surface area contributed by atoms with Crippen molar-refractivity contribution in [3.63, 3.8) is 0 Å². The lowest BCUT2D eigenvalue weighted by Crippen LogP contribution is -2.72. The number of aryl methyl sites for hydroxylation is 1. The lowest BCUT2D eigenvalue weighted by atomic mass is 9.46. The number of carbonyl (C=O) groups is 4. The van der Waals surface area contributed by atoms with E-state index in [9.17, 15) is 29.4 Å². The van der Waals surface area contributed by atoms with Gasteiger partial charge in [0.05, 0.1) is 30.3 Å². The first kappa shape index (κ1) is 37.7. The molecule has 0 spiro atoms. The number of carbonyl (C=O) groups excluding carboxylic acids is 4. The third-order valence-corrected chi connectivity index (χ3v) is 11.4. The number of Topliss-reactive ketones (excluding diaryl/α,β-unsaturated/α-hetero) is 1. The van der Waals surface area contributed by atoms with Crippen molar-refractivity contribution in [2.45, 2.75) is 110 Å². The minimum absolute atomic E-state index is 0.0203. The number of methoxy groups -OCH3 is 1. The number of nitrogens with one attached hydrogen (secondary N) is 2. The third-order valence-electron chi connectivity index (χ3n) is 11.4. The van der Waals surface area contributed by atoms with Crippen molar-refractivity contribution in [3.05, 3.63) is 58.9 Å². The summed E-state index contributed by atoms with van der Waals surface area (Å²) < 4.78 is 23.8. The van der Waals surface area contributed by atoms with Crippen LogP contribution >= 0.6 is 0 Å². The number of fused-ring (bicyclic) bond motifs is 5. The highest BCUT2D eigenvalue weighted by molar-refractivity contribution is 5.93. The van der Waals surface area contributed by atoms with Gasteiger partial charge in [0.25, 0.3) is 0 Å². The molecule has 1 saturated heterocycles. The number of aliphatic hydroxyl groups is 2. The Morgan fingerprint density at radius 1 is 1.10 bits per heavy atom. The van der Waals surface area contributed by atoms with Crippen LogP contribution in [0.25, 0.3) is 0 Å². The monoisotopic (exact) mass is 696 g/mol. The molecule has 5 rings (SSSR count). The van der Waals surface area contributed by atoms with Crippen molar-refractivity contribution in [1.82, 2.24) is 10.6 Å². The Morgan fingerprint density at radius 2 is 1.76 bits per heavy atom. The molecule has 0 aromatic heterocycles. The number of urea groups is 1. The summed E-state index contributed by atoms with van der Waals surface area (Å²) in [5.74, 6) is -3.79. The molecular weight excluding hydrogens is 644 g/mol. The fourth-order valence-corrected chi connectivity index (χ4v) is 8.74. The highest BCUT2D eigenvalue weighted by Crippen LogP contribution is 2.62. The van der Waals surface area contributed by atoms with Crippen LogP contribution in [0, 0.1) is 35.5 Å². The second kappa shape index (κ2) is 13.2. The number of amides is 2. The molecule has 2 amide bonds. The molecule has 2 bridgehead atoms. The number of ketones is 1. The lowest BCUT2D eigenvalue weighted by molar-refractivity contribution is -0.257. The molecule has 3 aliphatic carbocycles. The molecular formula is C38H52N2O10.